The molecule has 1 aliphatic rings. The largest absolute Gasteiger partial charge is 0.332 e. The Morgan fingerprint density at radius 2 is 2.00 bits per heavy atom. The normalized spacial score (nSPS) is 17.4. The van der Waals surface area contributed by atoms with E-state index in [0.717, 1.165) is 6.07 Å². The first kappa shape index (κ1) is 22.9. The first-order valence-corrected chi connectivity index (χ1v) is 10.7. The molecule has 1 fully saturated rings. The smallest absolute Gasteiger partial charge is 0.254 e. The first-order chi connectivity index (χ1) is 16.3. The summed E-state index contributed by atoms with van der Waals surface area (Å²) in [4.78, 5) is 40.9. The Hall–Kier alpha value is -4.26. The molecule has 1 aromatic heterocycles. The molecule has 1 N–H and O–H groups in total. The lowest BCUT2D eigenvalue weighted by atomic mass is 10.1. The van der Waals surface area contributed by atoms with Gasteiger partial charge in [-0.1, -0.05) is 18.2 Å². The molecular weight excluding hydrogens is 439 g/mol. The van der Waals surface area contributed by atoms with Gasteiger partial charge in [0.1, 0.15) is 11.6 Å². The summed E-state index contributed by atoms with van der Waals surface area (Å²) in [6.07, 6.45) is 1.81. The topological polar surface area (TPSA) is 111 Å². The molecule has 0 saturated carbocycles. The average molecular weight is 462 g/mol. The summed E-state index contributed by atoms with van der Waals surface area (Å²) in [6, 6.07) is 12.8. The number of nitrogens with one attached hydrogen (secondary N) is 1. The van der Waals surface area contributed by atoms with Crippen molar-refractivity contribution in [3.63, 3.8) is 0 Å². The minimum absolute atomic E-state index is 0.0774. The number of aromatic nitrogens is 2. The number of fused-ring (bicyclic) bond motifs is 1. The van der Waals surface area contributed by atoms with Gasteiger partial charge in [0.15, 0.2) is 5.82 Å². The number of benzene rings is 2. The number of carbonyl (C=O) groups is 3. The summed E-state index contributed by atoms with van der Waals surface area (Å²) in [5.74, 6) is -2.44. The number of para-hydroxylation sites is 1. The Morgan fingerprint density at radius 3 is 2.71 bits per heavy atom. The van der Waals surface area contributed by atoms with E-state index in [0.29, 0.717) is 11.1 Å². The van der Waals surface area contributed by atoms with Gasteiger partial charge in [-0.25, -0.2) is 4.39 Å². The molecule has 2 unspecified atom stereocenters. The molecular formula is C24H23FN6O3. The van der Waals surface area contributed by atoms with E-state index in [9.17, 15) is 24.0 Å². The van der Waals surface area contributed by atoms with Crippen molar-refractivity contribution in [2.45, 2.75) is 12.5 Å². The highest BCUT2D eigenvalue weighted by Gasteiger charge is 2.39. The Bertz CT molecular complexity index is 1300. The number of rotatable bonds is 5. The van der Waals surface area contributed by atoms with E-state index in [1.165, 1.54) is 27.6 Å². The number of aryl methyl sites for hydroxylation is 1. The summed E-state index contributed by atoms with van der Waals surface area (Å²) in [6.45, 7) is -0.231. The van der Waals surface area contributed by atoms with Crippen molar-refractivity contribution in [2.24, 2.45) is 13.0 Å². The van der Waals surface area contributed by atoms with E-state index in [1.54, 1.807) is 37.5 Å². The molecule has 2 atom stereocenters. The molecule has 3 amide bonds. The molecule has 0 aliphatic carbocycles. The first-order valence-electron chi connectivity index (χ1n) is 10.7. The van der Waals surface area contributed by atoms with Crippen molar-refractivity contribution in [1.82, 2.24) is 19.6 Å². The zero-order valence-electron chi connectivity index (χ0n) is 18.7. The van der Waals surface area contributed by atoms with Crippen molar-refractivity contribution in [1.29, 1.82) is 5.26 Å². The third-order valence-electron chi connectivity index (χ3n) is 5.83. The predicted octanol–water partition coefficient (Wildman–Crippen LogP) is 2.16. The van der Waals surface area contributed by atoms with Gasteiger partial charge in [0, 0.05) is 43.5 Å². The van der Waals surface area contributed by atoms with Crippen molar-refractivity contribution >= 4 is 34.3 Å². The number of nitriles is 1. The molecule has 0 radical (unpaired) electrons. The van der Waals surface area contributed by atoms with E-state index in [4.69, 9.17) is 0 Å². The zero-order chi connectivity index (χ0) is 24.4. The third-order valence-corrected chi connectivity index (χ3v) is 5.83. The van der Waals surface area contributed by atoms with Gasteiger partial charge < -0.3 is 15.1 Å². The lowest BCUT2D eigenvalue weighted by Gasteiger charge is -2.24. The average Bonchev–Trinajstić information content (AvgIpc) is 3.42. The van der Waals surface area contributed by atoms with Gasteiger partial charge in [0.2, 0.25) is 11.8 Å². The SMILES string of the molecule is CN(CC(=O)N1CC(C(=O)Nc2ccccc2)CC1C#N)C(=O)c1cc(F)c2nn(C)cc2c1. The highest BCUT2D eigenvalue weighted by molar-refractivity contribution is 6.00. The monoisotopic (exact) mass is 462 g/mol. The summed E-state index contributed by atoms with van der Waals surface area (Å²) in [5.41, 5.74) is 0.882. The lowest BCUT2D eigenvalue weighted by molar-refractivity contribution is -0.131. The van der Waals surface area contributed by atoms with Gasteiger partial charge in [-0.05, 0) is 30.7 Å². The van der Waals surface area contributed by atoms with Crippen molar-refractivity contribution < 1.29 is 18.8 Å². The standard InChI is InChI=1S/C24H23FN6O3/c1-29(24(34)15-8-16-12-30(2)28-22(16)20(25)10-15)14-21(32)31-13-17(9-19(31)11-26)23(33)27-18-6-4-3-5-7-18/h3-8,10,12,17,19H,9,13-14H2,1-2H3,(H,27,33). The molecule has 10 heteroatoms. The number of nitrogens with zero attached hydrogens (tertiary/aromatic N) is 5. The van der Waals surface area contributed by atoms with Crippen LogP contribution in [0.15, 0.2) is 48.7 Å². The van der Waals surface area contributed by atoms with Gasteiger partial charge >= 0.3 is 0 Å². The minimum Gasteiger partial charge on any atom is -0.332 e. The summed E-state index contributed by atoms with van der Waals surface area (Å²) >= 11 is 0. The van der Waals surface area contributed by atoms with E-state index in [2.05, 4.69) is 16.5 Å². The van der Waals surface area contributed by atoms with E-state index in [1.807, 2.05) is 6.07 Å². The Balaban J connectivity index is 1.42. The predicted molar refractivity (Wildman–Crippen MR) is 122 cm³/mol. The second-order valence-corrected chi connectivity index (χ2v) is 8.34. The maximum absolute atomic E-state index is 14.4. The second kappa shape index (κ2) is 9.31. The molecule has 34 heavy (non-hydrogen) atoms. The molecule has 9 nitrogen and oxygen atoms in total. The molecule has 2 heterocycles. The number of likely N-dealkylation sites (tertiary alicyclic amines) is 1. The van der Waals surface area contributed by atoms with Crippen LogP contribution < -0.4 is 5.32 Å². The number of carbonyl (C=O) groups excluding carboxylic acids is 3. The summed E-state index contributed by atoms with van der Waals surface area (Å²) in [5, 5.41) is 16.8. The van der Waals surface area contributed by atoms with Gasteiger partial charge in [-0.2, -0.15) is 10.4 Å². The van der Waals surface area contributed by atoms with Crippen molar-refractivity contribution in [3.8, 4) is 6.07 Å². The van der Waals surface area contributed by atoms with Gasteiger partial charge in [0.05, 0.1) is 18.5 Å². The minimum atomic E-state index is -0.772. The molecule has 0 spiro atoms. The Morgan fingerprint density at radius 1 is 1.26 bits per heavy atom. The second-order valence-electron chi connectivity index (χ2n) is 8.34. The van der Waals surface area contributed by atoms with Crippen LogP contribution in [-0.4, -0.2) is 63.5 Å². The Labute approximate surface area is 195 Å². The number of amides is 3. The number of hydrogen-bond donors (Lipinski definition) is 1. The van der Waals surface area contributed by atoms with Gasteiger partial charge in [-0.15, -0.1) is 0 Å². The number of halogens is 1. The maximum Gasteiger partial charge on any atom is 0.254 e. The highest BCUT2D eigenvalue weighted by Crippen LogP contribution is 2.25. The summed E-state index contributed by atoms with van der Waals surface area (Å²) < 4.78 is 15.8. The quantitative estimate of drug-likeness (QED) is 0.625. The van der Waals surface area contributed by atoms with E-state index in [-0.39, 0.29) is 36.5 Å². The van der Waals surface area contributed by atoms with Crippen LogP contribution in [0.25, 0.3) is 10.9 Å². The molecule has 3 aromatic rings. The van der Waals surface area contributed by atoms with Crippen LogP contribution in [-0.2, 0) is 16.6 Å². The van der Waals surface area contributed by atoms with Crippen LogP contribution >= 0.6 is 0 Å². The molecule has 4 rings (SSSR count). The number of anilines is 1. The van der Waals surface area contributed by atoms with Crippen LogP contribution in [0.3, 0.4) is 0 Å². The molecule has 0 bridgehead atoms. The highest BCUT2D eigenvalue weighted by atomic mass is 19.1. The van der Waals surface area contributed by atoms with Crippen LogP contribution in [0.1, 0.15) is 16.8 Å². The number of hydrogen-bond acceptors (Lipinski definition) is 5. The van der Waals surface area contributed by atoms with Gasteiger partial charge in [0.25, 0.3) is 5.91 Å². The van der Waals surface area contributed by atoms with Gasteiger partial charge in [-0.3, -0.25) is 19.1 Å². The molecule has 174 valence electrons. The Kier molecular flexibility index (Phi) is 6.27. The van der Waals surface area contributed by atoms with Crippen LogP contribution in [0, 0.1) is 23.1 Å². The molecule has 1 saturated heterocycles. The fraction of sp³-hybridized carbons (Fsp3) is 0.292. The van der Waals surface area contributed by atoms with Crippen LogP contribution in [0.4, 0.5) is 10.1 Å². The number of likely N-dealkylation sites (N-methyl/N-ethyl adjacent to an activating group) is 1. The fourth-order valence-corrected chi connectivity index (χ4v) is 4.11. The maximum atomic E-state index is 14.4. The summed E-state index contributed by atoms with van der Waals surface area (Å²) in [7, 11) is 3.09. The fourth-order valence-electron chi connectivity index (χ4n) is 4.11. The molecule has 1 aliphatic heterocycles. The lowest BCUT2D eigenvalue weighted by Crippen LogP contribution is -2.43. The van der Waals surface area contributed by atoms with Crippen molar-refractivity contribution in [3.05, 3.63) is 60.0 Å². The van der Waals surface area contributed by atoms with Crippen LogP contribution in [0.5, 0.6) is 0 Å². The van der Waals surface area contributed by atoms with Crippen molar-refractivity contribution in [2.75, 3.05) is 25.5 Å². The third kappa shape index (κ3) is 4.59. The van der Waals surface area contributed by atoms with Crippen LogP contribution in [0.2, 0.25) is 0 Å². The zero-order valence-corrected chi connectivity index (χ0v) is 18.7. The van der Waals surface area contributed by atoms with E-state index < -0.39 is 29.6 Å². The van der Waals surface area contributed by atoms with E-state index >= 15 is 0 Å². The molecule has 2 aromatic carbocycles.